The number of hydrogen-bond donors (Lipinski definition) is 1. The first-order chi connectivity index (χ1) is 7.22. The molecule has 1 aliphatic carbocycles. The lowest BCUT2D eigenvalue weighted by Crippen LogP contribution is -2.39. The molecule has 0 saturated heterocycles. The van der Waals surface area contributed by atoms with Gasteiger partial charge in [0.15, 0.2) is 0 Å². The van der Waals surface area contributed by atoms with Crippen molar-refractivity contribution >= 4 is 5.91 Å². The monoisotopic (exact) mass is 227 g/mol. The zero-order chi connectivity index (χ0) is 12.4. The summed E-state index contributed by atoms with van der Waals surface area (Å²) in [6.07, 6.45) is 3.95. The first kappa shape index (κ1) is 13.5. The summed E-state index contributed by atoms with van der Waals surface area (Å²) in [6.45, 7) is 7.07. The van der Waals surface area contributed by atoms with Crippen LogP contribution in [0.4, 0.5) is 0 Å². The van der Waals surface area contributed by atoms with Crippen LogP contribution in [0, 0.1) is 5.41 Å². The van der Waals surface area contributed by atoms with Gasteiger partial charge in [-0.2, -0.15) is 0 Å². The van der Waals surface area contributed by atoms with E-state index >= 15 is 0 Å². The second-order valence-electron chi connectivity index (χ2n) is 6.42. The van der Waals surface area contributed by atoms with Gasteiger partial charge in [0, 0.05) is 13.6 Å². The van der Waals surface area contributed by atoms with Crippen molar-refractivity contribution in [1.82, 2.24) is 4.90 Å². The minimum absolute atomic E-state index is 0.0688. The van der Waals surface area contributed by atoms with Gasteiger partial charge in [0.25, 0.3) is 0 Å². The van der Waals surface area contributed by atoms with Crippen molar-refractivity contribution in [2.24, 2.45) is 5.41 Å². The lowest BCUT2D eigenvalue weighted by Gasteiger charge is -2.29. The van der Waals surface area contributed by atoms with E-state index in [0.29, 0.717) is 6.42 Å². The SMILES string of the molecule is CN(CC(C)(C)C)C(=O)CC1(O)CCCC1. The van der Waals surface area contributed by atoms with Crippen molar-refractivity contribution < 1.29 is 9.90 Å². The Balaban J connectivity index is 2.45. The van der Waals surface area contributed by atoms with E-state index in [4.69, 9.17) is 0 Å². The predicted octanol–water partition coefficient (Wildman–Crippen LogP) is 2.19. The third-order valence-electron chi connectivity index (χ3n) is 3.15. The summed E-state index contributed by atoms with van der Waals surface area (Å²) in [7, 11) is 1.83. The topological polar surface area (TPSA) is 40.5 Å². The standard InChI is InChI=1S/C13H25NO2/c1-12(2,3)10-14(4)11(15)9-13(16)7-5-6-8-13/h16H,5-10H2,1-4H3. The van der Waals surface area contributed by atoms with Crippen LogP contribution in [0.2, 0.25) is 0 Å². The molecule has 0 bridgehead atoms. The van der Waals surface area contributed by atoms with E-state index in [-0.39, 0.29) is 11.3 Å². The van der Waals surface area contributed by atoms with Gasteiger partial charge in [-0.05, 0) is 18.3 Å². The Morgan fingerprint density at radius 2 is 1.81 bits per heavy atom. The molecule has 94 valence electrons. The largest absolute Gasteiger partial charge is 0.389 e. The van der Waals surface area contributed by atoms with E-state index in [0.717, 1.165) is 32.2 Å². The molecular formula is C13H25NO2. The van der Waals surface area contributed by atoms with E-state index in [9.17, 15) is 9.90 Å². The van der Waals surface area contributed by atoms with Gasteiger partial charge in [-0.15, -0.1) is 0 Å². The molecule has 0 aliphatic heterocycles. The smallest absolute Gasteiger partial charge is 0.225 e. The Morgan fingerprint density at radius 1 is 1.31 bits per heavy atom. The Morgan fingerprint density at radius 3 is 2.25 bits per heavy atom. The molecule has 1 amide bonds. The second kappa shape index (κ2) is 4.74. The van der Waals surface area contributed by atoms with E-state index < -0.39 is 5.60 Å². The minimum atomic E-state index is -0.719. The first-order valence-corrected chi connectivity index (χ1v) is 6.18. The van der Waals surface area contributed by atoms with E-state index in [1.807, 2.05) is 7.05 Å². The maximum Gasteiger partial charge on any atom is 0.225 e. The van der Waals surface area contributed by atoms with Gasteiger partial charge in [0.2, 0.25) is 5.91 Å². The summed E-state index contributed by atoms with van der Waals surface area (Å²) in [5.41, 5.74) is -0.605. The van der Waals surface area contributed by atoms with Gasteiger partial charge in [0.1, 0.15) is 0 Å². The average Bonchev–Trinajstić information content (AvgIpc) is 2.48. The van der Waals surface area contributed by atoms with Crippen LogP contribution >= 0.6 is 0 Å². The number of rotatable bonds is 3. The highest BCUT2D eigenvalue weighted by atomic mass is 16.3. The molecule has 0 unspecified atom stereocenters. The molecule has 0 aromatic rings. The number of carbonyl (C=O) groups excluding carboxylic acids is 1. The van der Waals surface area contributed by atoms with Crippen molar-refractivity contribution in [2.75, 3.05) is 13.6 Å². The van der Waals surface area contributed by atoms with Gasteiger partial charge < -0.3 is 10.0 Å². The molecule has 0 aromatic heterocycles. The van der Waals surface area contributed by atoms with Crippen molar-refractivity contribution in [3.63, 3.8) is 0 Å². The van der Waals surface area contributed by atoms with Crippen LogP contribution < -0.4 is 0 Å². The highest BCUT2D eigenvalue weighted by Crippen LogP contribution is 2.32. The first-order valence-electron chi connectivity index (χ1n) is 6.18. The molecule has 0 radical (unpaired) electrons. The maximum absolute atomic E-state index is 11.9. The van der Waals surface area contributed by atoms with E-state index in [2.05, 4.69) is 20.8 Å². The summed E-state index contributed by atoms with van der Waals surface area (Å²) in [5.74, 6) is 0.0688. The average molecular weight is 227 g/mol. The lowest BCUT2D eigenvalue weighted by atomic mass is 9.94. The van der Waals surface area contributed by atoms with Gasteiger partial charge in [-0.3, -0.25) is 4.79 Å². The summed E-state index contributed by atoms with van der Waals surface area (Å²) >= 11 is 0. The number of hydrogen-bond acceptors (Lipinski definition) is 2. The molecule has 0 heterocycles. The van der Waals surface area contributed by atoms with Crippen molar-refractivity contribution in [2.45, 2.75) is 58.5 Å². The second-order valence-corrected chi connectivity index (χ2v) is 6.42. The summed E-state index contributed by atoms with van der Waals surface area (Å²) < 4.78 is 0. The third-order valence-corrected chi connectivity index (χ3v) is 3.15. The molecule has 1 aliphatic rings. The Bertz CT molecular complexity index is 249. The highest BCUT2D eigenvalue weighted by Gasteiger charge is 2.34. The van der Waals surface area contributed by atoms with Gasteiger partial charge in [-0.25, -0.2) is 0 Å². The van der Waals surface area contributed by atoms with Crippen molar-refractivity contribution in [3.05, 3.63) is 0 Å². The van der Waals surface area contributed by atoms with Crippen LogP contribution in [0.15, 0.2) is 0 Å². The van der Waals surface area contributed by atoms with Gasteiger partial charge in [-0.1, -0.05) is 33.6 Å². The van der Waals surface area contributed by atoms with Crippen LogP contribution in [0.25, 0.3) is 0 Å². The fraction of sp³-hybridized carbons (Fsp3) is 0.923. The fourth-order valence-corrected chi connectivity index (χ4v) is 2.43. The summed E-state index contributed by atoms with van der Waals surface area (Å²) in [6, 6.07) is 0. The molecular weight excluding hydrogens is 202 g/mol. The molecule has 0 atom stereocenters. The third kappa shape index (κ3) is 4.12. The minimum Gasteiger partial charge on any atom is -0.389 e. The summed E-state index contributed by atoms with van der Waals surface area (Å²) in [4.78, 5) is 13.7. The lowest BCUT2D eigenvalue weighted by molar-refractivity contribution is -0.136. The molecule has 1 saturated carbocycles. The number of carbonyl (C=O) groups is 1. The van der Waals surface area contributed by atoms with Crippen LogP contribution in [0.1, 0.15) is 52.9 Å². The molecule has 3 nitrogen and oxygen atoms in total. The molecule has 3 heteroatoms. The molecule has 1 N–H and O–H groups in total. The predicted molar refractivity (Wildman–Crippen MR) is 65.1 cm³/mol. The quantitative estimate of drug-likeness (QED) is 0.803. The maximum atomic E-state index is 11.9. The Hall–Kier alpha value is -0.570. The Labute approximate surface area is 98.8 Å². The van der Waals surface area contributed by atoms with E-state index in [1.165, 1.54) is 0 Å². The highest BCUT2D eigenvalue weighted by molar-refractivity contribution is 5.77. The van der Waals surface area contributed by atoms with E-state index in [1.54, 1.807) is 4.90 Å². The number of aliphatic hydroxyl groups is 1. The number of nitrogens with zero attached hydrogens (tertiary/aromatic N) is 1. The fourth-order valence-electron chi connectivity index (χ4n) is 2.43. The number of amides is 1. The van der Waals surface area contributed by atoms with Crippen molar-refractivity contribution in [3.8, 4) is 0 Å². The van der Waals surface area contributed by atoms with Crippen LogP contribution in [-0.2, 0) is 4.79 Å². The van der Waals surface area contributed by atoms with Crippen LogP contribution in [0.3, 0.4) is 0 Å². The molecule has 0 spiro atoms. The van der Waals surface area contributed by atoms with Crippen LogP contribution in [-0.4, -0.2) is 35.1 Å². The zero-order valence-electron chi connectivity index (χ0n) is 11.0. The zero-order valence-corrected chi connectivity index (χ0v) is 11.0. The van der Waals surface area contributed by atoms with Crippen LogP contribution in [0.5, 0.6) is 0 Å². The van der Waals surface area contributed by atoms with Gasteiger partial charge >= 0.3 is 0 Å². The Kier molecular flexibility index (Phi) is 4.00. The molecule has 0 aromatic carbocycles. The van der Waals surface area contributed by atoms with Crippen molar-refractivity contribution in [1.29, 1.82) is 0 Å². The molecule has 1 rings (SSSR count). The summed E-state index contributed by atoms with van der Waals surface area (Å²) in [5, 5.41) is 10.2. The molecule has 16 heavy (non-hydrogen) atoms. The normalized spacial score (nSPS) is 19.8. The van der Waals surface area contributed by atoms with Gasteiger partial charge in [0.05, 0.1) is 12.0 Å². The molecule has 1 fully saturated rings.